The molecule has 5 aromatic rings. The van der Waals surface area contributed by atoms with Crippen molar-refractivity contribution < 1.29 is 33.0 Å². The molecule has 1 amide bonds. The zero-order chi connectivity index (χ0) is 34.9. The summed E-state index contributed by atoms with van der Waals surface area (Å²) < 4.78 is 37.3. The van der Waals surface area contributed by atoms with Gasteiger partial charge in [-0.3, -0.25) is 4.57 Å². The van der Waals surface area contributed by atoms with Gasteiger partial charge in [0.2, 0.25) is 0 Å². The third-order valence-electron chi connectivity index (χ3n) is 8.22. The van der Waals surface area contributed by atoms with Crippen molar-refractivity contribution in [3.05, 3.63) is 179 Å². The van der Waals surface area contributed by atoms with Gasteiger partial charge in [-0.15, -0.1) is 0 Å². The van der Waals surface area contributed by atoms with Crippen molar-refractivity contribution >= 4 is 13.7 Å². The van der Waals surface area contributed by atoms with E-state index in [1.807, 2.05) is 109 Å². The number of nitrogens with one attached hydrogen (secondary N) is 1. The lowest BCUT2D eigenvalue weighted by Gasteiger charge is -2.33. The third-order valence-corrected chi connectivity index (χ3v) is 9.76. The lowest BCUT2D eigenvalue weighted by atomic mass is 9.92. The zero-order valence-corrected chi connectivity index (χ0v) is 29.0. The molecular formula is C41H44NO7P. The number of aliphatic hydroxyl groups excluding tert-OH is 1. The van der Waals surface area contributed by atoms with Crippen LogP contribution >= 0.6 is 7.60 Å². The van der Waals surface area contributed by atoms with Crippen LogP contribution < -0.4 is 5.32 Å². The Morgan fingerprint density at radius 3 is 1.54 bits per heavy atom. The van der Waals surface area contributed by atoms with Gasteiger partial charge in [0.15, 0.2) is 0 Å². The predicted molar refractivity (Wildman–Crippen MR) is 194 cm³/mol. The van der Waals surface area contributed by atoms with Gasteiger partial charge in [-0.05, 0) is 52.6 Å². The summed E-state index contributed by atoms with van der Waals surface area (Å²) in [6.45, 7) is -0.422. The van der Waals surface area contributed by atoms with Crippen molar-refractivity contribution in [2.24, 2.45) is 0 Å². The summed E-state index contributed by atoms with van der Waals surface area (Å²) in [5.41, 5.74) is 4.68. The van der Waals surface area contributed by atoms with Gasteiger partial charge >= 0.3 is 13.7 Å². The Hall–Kier alpha value is -4.56. The van der Waals surface area contributed by atoms with Crippen LogP contribution in [0.25, 0.3) is 0 Å². The molecule has 0 bridgehead atoms. The minimum atomic E-state index is -3.79. The molecule has 2 N–H and O–H groups in total. The van der Waals surface area contributed by atoms with Crippen LogP contribution in [0.1, 0.15) is 39.8 Å². The first kappa shape index (κ1) is 36.7. The maximum atomic E-state index is 14.0. The van der Waals surface area contributed by atoms with E-state index in [0.29, 0.717) is 12.8 Å². The summed E-state index contributed by atoms with van der Waals surface area (Å²) in [7, 11) is -3.79. The summed E-state index contributed by atoms with van der Waals surface area (Å²) in [5.74, 6) is 0. The molecule has 0 aromatic heterocycles. The number of carbonyl (C=O) groups excluding carboxylic acids is 1. The van der Waals surface area contributed by atoms with E-state index in [1.54, 1.807) is 0 Å². The van der Waals surface area contributed by atoms with Gasteiger partial charge in [0.25, 0.3) is 0 Å². The second kappa shape index (κ2) is 19.0. The predicted octanol–water partition coefficient (Wildman–Crippen LogP) is 8.47. The van der Waals surface area contributed by atoms with E-state index < -0.39 is 25.8 Å². The molecule has 260 valence electrons. The first-order valence-corrected chi connectivity index (χ1v) is 18.4. The van der Waals surface area contributed by atoms with E-state index in [0.717, 1.165) is 28.7 Å². The van der Waals surface area contributed by atoms with Gasteiger partial charge in [0.1, 0.15) is 13.0 Å². The molecule has 0 radical (unpaired) electrons. The molecule has 9 heteroatoms. The fraction of sp³-hybridized carbons (Fsp3) is 0.244. The van der Waals surface area contributed by atoms with E-state index in [1.165, 1.54) is 11.1 Å². The standard InChI is InChI=1S/C41H44NO7P/c43-31-41(42-40(44)47-28-37-15-7-2-8-16-37,26-25-34-21-23-36(24-22-34)27-35-13-5-1-6-14-35)32-46-33-50(45,48-29-38-17-9-3-10-18-38)49-30-39-19-11-4-12-20-39/h1-24,43H,25-33H2,(H,42,44). The van der Waals surface area contributed by atoms with Crippen LogP contribution in [0, 0.1) is 0 Å². The third kappa shape index (κ3) is 12.1. The average molecular weight is 694 g/mol. The van der Waals surface area contributed by atoms with Crippen molar-refractivity contribution in [3.63, 3.8) is 0 Å². The first-order valence-electron chi connectivity index (χ1n) is 16.7. The molecule has 5 rings (SSSR count). The van der Waals surface area contributed by atoms with Crippen molar-refractivity contribution in [2.45, 2.75) is 44.6 Å². The van der Waals surface area contributed by atoms with Crippen LogP contribution in [0.15, 0.2) is 146 Å². The van der Waals surface area contributed by atoms with Gasteiger partial charge in [-0.2, -0.15) is 0 Å². The summed E-state index contributed by atoms with van der Waals surface area (Å²) >= 11 is 0. The second-order valence-electron chi connectivity index (χ2n) is 12.2. The number of alkyl carbamates (subject to hydrolysis) is 1. The van der Waals surface area contributed by atoms with Crippen molar-refractivity contribution in [2.75, 3.05) is 19.6 Å². The fourth-order valence-electron chi connectivity index (χ4n) is 5.31. The molecule has 1 atom stereocenters. The number of carbonyl (C=O) groups is 1. The Morgan fingerprint density at radius 1 is 0.600 bits per heavy atom. The topological polar surface area (TPSA) is 103 Å². The van der Waals surface area contributed by atoms with E-state index in [2.05, 4.69) is 41.7 Å². The molecule has 5 aromatic carbocycles. The fourth-order valence-corrected chi connectivity index (χ4v) is 6.54. The molecule has 0 heterocycles. The van der Waals surface area contributed by atoms with Gasteiger partial charge in [0.05, 0.1) is 32.0 Å². The molecule has 8 nitrogen and oxygen atoms in total. The van der Waals surface area contributed by atoms with E-state index >= 15 is 0 Å². The van der Waals surface area contributed by atoms with Crippen LogP contribution in [-0.4, -0.2) is 36.3 Å². The Labute approximate surface area is 294 Å². The van der Waals surface area contributed by atoms with Crippen molar-refractivity contribution in [1.29, 1.82) is 0 Å². The number of rotatable bonds is 19. The molecule has 0 aliphatic heterocycles. The number of aliphatic hydroxyl groups is 1. The summed E-state index contributed by atoms with van der Waals surface area (Å²) in [6.07, 6.45) is 0.587. The Morgan fingerprint density at radius 2 is 1.04 bits per heavy atom. The highest BCUT2D eigenvalue weighted by molar-refractivity contribution is 7.53. The van der Waals surface area contributed by atoms with Crippen LogP contribution in [0.5, 0.6) is 0 Å². The highest BCUT2D eigenvalue weighted by Gasteiger charge is 2.35. The van der Waals surface area contributed by atoms with Gasteiger partial charge in [-0.1, -0.05) is 146 Å². The SMILES string of the molecule is O=C(NC(CO)(CCc1ccc(Cc2ccccc2)cc1)COCP(=O)(OCc1ccccc1)OCc1ccccc1)OCc1ccccc1. The van der Waals surface area contributed by atoms with Crippen LogP contribution in [0.3, 0.4) is 0 Å². The molecule has 0 fully saturated rings. The monoisotopic (exact) mass is 693 g/mol. The molecule has 0 spiro atoms. The van der Waals surface area contributed by atoms with Gasteiger partial charge in [-0.25, -0.2) is 4.79 Å². The average Bonchev–Trinajstić information content (AvgIpc) is 3.17. The zero-order valence-electron chi connectivity index (χ0n) is 28.1. The summed E-state index contributed by atoms with van der Waals surface area (Å²) in [4.78, 5) is 13.1. The first-order chi connectivity index (χ1) is 24.4. The number of ether oxygens (including phenoxy) is 2. The van der Waals surface area contributed by atoms with Gasteiger partial charge < -0.3 is 28.9 Å². The quantitative estimate of drug-likeness (QED) is 0.0837. The van der Waals surface area contributed by atoms with Crippen LogP contribution in [-0.2, 0) is 55.7 Å². The van der Waals surface area contributed by atoms with Crippen molar-refractivity contribution in [1.82, 2.24) is 5.32 Å². The molecular weight excluding hydrogens is 649 g/mol. The Balaban J connectivity index is 1.26. The summed E-state index contributed by atoms with van der Waals surface area (Å²) in [5, 5.41) is 13.6. The smallest absolute Gasteiger partial charge is 0.408 e. The number of benzene rings is 5. The molecule has 1 unspecified atom stereocenters. The van der Waals surface area contributed by atoms with E-state index in [9.17, 15) is 14.5 Å². The van der Waals surface area contributed by atoms with Gasteiger partial charge in [0, 0.05) is 0 Å². The lowest BCUT2D eigenvalue weighted by Crippen LogP contribution is -2.55. The minimum Gasteiger partial charge on any atom is -0.445 e. The molecule has 0 aliphatic carbocycles. The highest BCUT2D eigenvalue weighted by Crippen LogP contribution is 2.50. The maximum Gasteiger partial charge on any atom is 0.408 e. The number of hydrogen-bond donors (Lipinski definition) is 2. The van der Waals surface area contributed by atoms with E-state index in [-0.39, 0.29) is 32.8 Å². The Bertz CT molecular complexity index is 1710. The minimum absolute atomic E-state index is 0.0612. The molecule has 0 saturated heterocycles. The molecule has 0 saturated carbocycles. The second-order valence-corrected chi connectivity index (χ2v) is 14.2. The van der Waals surface area contributed by atoms with E-state index in [4.69, 9.17) is 18.5 Å². The highest BCUT2D eigenvalue weighted by atomic mass is 31.2. The Kier molecular flexibility index (Phi) is 13.9. The molecule has 50 heavy (non-hydrogen) atoms. The molecule has 0 aliphatic rings. The van der Waals surface area contributed by atoms with Crippen LogP contribution in [0.4, 0.5) is 4.79 Å². The number of hydrogen-bond acceptors (Lipinski definition) is 7. The number of amides is 1. The van der Waals surface area contributed by atoms with Crippen molar-refractivity contribution in [3.8, 4) is 0 Å². The number of aryl methyl sites for hydroxylation is 1. The maximum absolute atomic E-state index is 14.0. The van der Waals surface area contributed by atoms with Crippen LogP contribution in [0.2, 0.25) is 0 Å². The lowest BCUT2D eigenvalue weighted by molar-refractivity contribution is 0.0333. The summed E-state index contributed by atoms with van der Waals surface area (Å²) in [6, 6.07) is 46.7. The normalized spacial score (nSPS) is 12.6. The largest absolute Gasteiger partial charge is 0.445 e.